The summed E-state index contributed by atoms with van der Waals surface area (Å²) in [5.74, 6) is -0.214. The molecule has 0 saturated heterocycles. The van der Waals surface area contributed by atoms with Gasteiger partial charge in [0.1, 0.15) is 0 Å². The van der Waals surface area contributed by atoms with E-state index in [4.69, 9.17) is 5.11 Å². The Balaban J connectivity index is 1.51. The molecule has 7 heteroatoms. The number of aromatic nitrogens is 2. The molecule has 3 N–H and O–H groups in total. The van der Waals surface area contributed by atoms with Gasteiger partial charge in [0.15, 0.2) is 0 Å². The summed E-state index contributed by atoms with van der Waals surface area (Å²) >= 11 is -0.464. The normalized spacial score (nSPS) is 11.1. The van der Waals surface area contributed by atoms with Gasteiger partial charge in [0.05, 0.1) is 6.61 Å². The first-order valence-electron chi connectivity index (χ1n) is 11.4. The van der Waals surface area contributed by atoms with Crippen molar-refractivity contribution in [1.82, 2.24) is 15.3 Å². The van der Waals surface area contributed by atoms with Crippen LogP contribution in [0.3, 0.4) is 0 Å². The van der Waals surface area contributed by atoms with E-state index in [1.165, 1.54) is 9.74 Å². The summed E-state index contributed by atoms with van der Waals surface area (Å²) in [6, 6.07) is 26.2. The summed E-state index contributed by atoms with van der Waals surface area (Å²) in [6.45, 7) is 0.129. The van der Waals surface area contributed by atoms with Gasteiger partial charge in [0.25, 0.3) is 0 Å². The van der Waals surface area contributed by atoms with Crippen LogP contribution in [-0.4, -0.2) is 49.9 Å². The molecule has 0 fully saturated rings. The van der Waals surface area contributed by atoms with Gasteiger partial charge in [-0.2, -0.15) is 0 Å². The Kier molecular flexibility index (Phi) is 6.95. The Morgan fingerprint density at radius 2 is 1.81 bits per heavy atom. The number of aliphatic hydroxyl groups excluding tert-OH is 1. The second-order valence-corrected chi connectivity index (χ2v) is 10.6. The number of benzene rings is 3. The van der Waals surface area contributed by atoms with Gasteiger partial charge >= 0.3 is 204 Å². The molecule has 0 aliphatic rings. The zero-order valence-electron chi connectivity index (χ0n) is 19.3. The van der Waals surface area contributed by atoms with Gasteiger partial charge < -0.3 is 5.11 Å². The number of carbonyl (C=O) groups is 1. The summed E-state index contributed by atoms with van der Waals surface area (Å²) in [6.07, 6.45) is 5.44. The van der Waals surface area contributed by atoms with Crippen LogP contribution in [0.1, 0.15) is 15.9 Å². The quantitative estimate of drug-likeness (QED) is 0.280. The second kappa shape index (κ2) is 10.6. The third-order valence-corrected chi connectivity index (χ3v) is 8.70. The Morgan fingerprint density at radius 3 is 2.61 bits per heavy atom. The van der Waals surface area contributed by atoms with Gasteiger partial charge in [-0.15, -0.1) is 0 Å². The zero-order chi connectivity index (χ0) is 24.9. The van der Waals surface area contributed by atoms with Crippen LogP contribution >= 0.6 is 0 Å². The summed E-state index contributed by atoms with van der Waals surface area (Å²) in [5, 5.41) is 22.6. The van der Waals surface area contributed by atoms with Crippen molar-refractivity contribution in [2.75, 3.05) is 13.2 Å². The standard InChI is InChI=1S/C29H22AsN4O2/c31-16-23-17-32-18-25(28(23)30-26-5-2-6-27-24(26)11-12-33-27)22-4-1-3-21(15-22)19-7-9-20(10-8-19)29(36)34-13-14-35/h1-12,15,17-18,33,35H,13-14H2,(H,34,36). The first-order chi connectivity index (χ1) is 17.7. The van der Waals surface area contributed by atoms with Gasteiger partial charge in [-0.3, -0.25) is 0 Å². The average molecular weight is 533 g/mol. The number of rotatable bonds is 7. The molecule has 0 unspecified atom stereocenters. The first kappa shape index (κ1) is 23.6. The molecular weight excluding hydrogens is 511 g/mol. The number of aromatic amines is 1. The number of H-pyrrole nitrogens is 1. The Labute approximate surface area is 215 Å². The zero-order valence-corrected chi connectivity index (χ0v) is 21.1. The molecule has 0 saturated carbocycles. The van der Waals surface area contributed by atoms with E-state index in [9.17, 15) is 10.1 Å². The number of hydrogen-bond donors (Lipinski definition) is 3. The van der Waals surface area contributed by atoms with E-state index >= 15 is 0 Å². The number of nitriles is 1. The first-order valence-corrected chi connectivity index (χ1v) is 13.3. The maximum atomic E-state index is 12.1. The molecule has 36 heavy (non-hydrogen) atoms. The number of nitrogens with zero attached hydrogens (tertiary/aromatic N) is 2. The molecule has 0 aliphatic carbocycles. The van der Waals surface area contributed by atoms with Crippen LogP contribution in [0.15, 0.2) is 91.4 Å². The van der Waals surface area contributed by atoms with Gasteiger partial charge in [0, 0.05) is 0 Å². The minimum absolute atomic E-state index is 0.0945. The topological polar surface area (TPSA) is 102 Å². The molecule has 0 bridgehead atoms. The Morgan fingerprint density at radius 1 is 1.00 bits per heavy atom. The molecule has 2 heterocycles. The van der Waals surface area contributed by atoms with Gasteiger partial charge in [-0.1, -0.05) is 0 Å². The third kappa shape index (κ3) is 4.80. The number of hydrogen-bond acceptors (Lipinski definition) is 4. The fraction of sp³-hybridized carbons (Fsp3) is 0.0690. The molecule has 3 aromatic carbocycles. The van der Waals surface area contributed by atoms with E-state index in [0.29, 0.717) is 11.1 Å². The van der Waals surface area contributed by atoms with Gasteiger partial charge in [-0.05, 0) is 0 Å². The SMILES string of the molecule is N#Cc1cncc(-c2cccc(-c3ccc(C(=O)NCCO)cc3)c2)c1[As]c1cccc2[nH]ccc12. The van der Waals surface area contributed by atoms with Gasteiger partial charge in [0.2, 0.25) is 0 Å². The van der Waals surface area contributed by atoms with Crippen LogP contribution in [-0.2, 0) is 0 Å². The third-order valence-electron chi connectivity index (χ3n) is 5.89. The molecular formula is C29H22AsN4O2. The molecule has 0 aliphatic heterocycles. The van der Waals surface area contributed by atoms with E-state index in [1.807, 2.05) is 48.8 Å². The fourth-order valence-electron chi connectivity index (χ4n) is 4.11. The van der Waals surface area contributed by atoms with E-state index in [1.54, 1.807) is 18.3 Å². The van der Waals surface area contributed by atoms with Crippen molar-refractivity contribution in [3.63, 3.8) is 0 Å². The molecule has 1 amide bonds. The summed E-state index contributed by atoms with van der Waals surface area (Å²) in [7, 11) is 0. The predicted octanol–water partition coefficient (Wildman–Crippen LogP) is 3.15. The molecule has 6 nitrogen and oxygen atoms in total. The minimum atomic E-state index is -0.464. The molecule has 175 valence electrons. The van der Waals surface area contributed by atoms with Gasteiger partial charge in [-0.25, -0.2) is 0 Å². The Bertz CT molecular complexity index is 1590. The van der Waals surface area contributed by atoms with Crippen molar-refractivity contribution >= 4 is 41.3 Å². The van der Waals surface area contributed by atoms with E-state index in [2.05, 4.69) is 45.6 Å². The summed E-state index contributed by atoms with van der Waals surface area (Å²) in [4.78, 5) is 19.8. The van der Waals surface area contributed by atoms with Crippen LogP contribution in [0, 0.1) is 11.3 Å². The van der Waals surface area contributed by atoms with Crippen LogP contribution in [0.2, 0.25) is 0 Å². The van der Waals surface area contributed by atoms with Crippen LogP contribution in [0.5, 0.6) is 0 Å². The van der Waals surface area contributed by atoms with Crippen molar-refractivity contribution < 1.29 is 9.90 Å². The van der Waals surface area contributed by atoms with Crippen LogP contribution in [0.25, 0.3) is 33.2 Å². The maximum absolute atomic E-state index is 12.1. The Hall–Kier alpha value is -4.17. The summed E-state index contributed by atoms with van der Waals surface area (Å²) < 4.78 is 2.27. The average Bonchev–Trinajstić information content (AvgIpc) is 3.42. The molecule has 5 aromatic rings. The number of nitrogens with one attached hydrogen (secondary N) is 2. The van der Waals surface area contributed by atoms with Crippen molar-refractivity contribution in [3.05, 3.63) is 103 Å². The van der Waals surface area contributed by atoms with E-state index < -0.39 is 15.8 Å². The number of pyridine rings is 1. The number of carbonyl (C=O) groups excluding carboxylic acids is 1. The molecule has 5 rings (SSSR count). The van der Waals surface area contributed by atoms with Crippen LogP contribution in [0.4, 0.5) is 0 Å². The fourth-order valence-corrected chi connectivity index (χ4v) is 6.73. The van der Waals surface area contributed by atoms with E-state index in [-0.39, 0.29) is 19.1 Å². The monoisotopic (exact) mass is 533 g/mol. The second-order valence-electron chi connectivity index (χ2n) is 8.16. The summed E-state index contributed by atoms with van der Waals surface area (Å²) in [5.41, 5.74) is 6.17. The number of fused-ring (bicyclic) bond motifs is 1. The predicted molar refractivity (Wildman–Crippen MR) is 143 cm³/mol. The molecule has 0 atom stereocenters. The van der Waals surface area contributed by atoms with Crippen LogP contribution < -0.4 is 14.0 Å². The van der Waals surface area contributed by atoms with E-state index in [0.717, 1.165) is 32.1 Å². The molecule has 2 aromatic heterocycles. The van der Waals surface area contributed by atoms with Crippen molar-refractivity contribution in [2.24, 2.45) is 0 Å². The van der Waals surface area contributed by atoms with Crippen molar-refractivity contribution in [3.8, 4) is 28.3 Å². The molecule has 1 radical (unpaired) electrons. The number of amides is 1. The van der Waals surface area contributed by atoms with Crippen molar-refractivity contribution in [1.29, 1.82) is 5.26 Å². The number of aliphatic hydroxyl groups is 1. The molecule has 0 spiro atoms. The van der Waals surface area contributed by atoms with Crippen molar-refractivity contribution in [2.45, 2.75) is 0 Å².